The summed E-state index contributed by atoms with van der Waals surface area (Å²) in [6.45, 7) is 0. The van der Waals surface area contributed by atoms with Gasteiger partial charge in [0.05, 0.1) is 23.8 Å². The lowest BCUT2D eigenvalue weighted by Gasteiger charge is -2.29. The molecule has 7 heteroatoms. The molecule has 1 fully saturated rings. The van der Waals surface area contributed by atoms with Crippen LogP contribution in [-0.2, 0) is 9.47 Å². The number of nitrogens with two attached hydrogens (primary N) is 1. The zero-order valence-corrected chi connectivity index (χ0v) is 12.6. The van der Waals surface area contributed by atoms with Gasteiger partial charge in [0.25, 0.3) is 5.91 Å². The highest BCUT2D eigenvalue weighted by Crippen LogP contribution is 2.81. The Labute approximate surface area is 133 Å². The van der Waals surface area contributed by atoms with Crippen LogP contribution in [0.5, 0.6) is 0 Å². The fourth-order valence-corrected chi connectivity index (χ4v) is 3.77. The fourth-order valence-electron chi connectivity index (χ4n) is 3.77. The van der Waals surface area contributed by atoms with Gasteiger partial charge in [-0.3, -0.25) is 0 Å². The monoisotopic (exact) mass is 307 g/mol. The predicted molar refractivity (Wildman–Crippen MR) is 78.4 cm³/mol. The normalized spacial score (nSPS) is 32.8. The van der Waals surface area contributed by atoms with Crippen LogP contribution >= 0.6 is 0 Å². The van der Waals surface area contributed by atoms with Crippen molar-refractivity contribution in [3.05, 3.63) is 35.4 Å². The van der Waals surface area contributed by atoms with Gasteiger partial charge in [-0.2, -0.15) is 15.8 Å². The van der Waals surface area contributed by atoms with Crippen molar-refractivity contribution in [1.29, 1.82) is 15.8 Å². The molecule has 0 spiro atoms. The maximum Gasteiger partial charge on any atom is 0.292 e. The minimum Gasteiger partial charge on any atom is -0.386 e. The summed E-state index contributed by atoms with van der Waals surface area (Å²) < 4.78 is 10.7. The number of rotatable bonds is 3. The standard InChI is InChI=1S/C16H13N5O2/c1-22-16(23-2)15(9-19)12(14(15,8-18)13(20)21-16)11-5-3-10(7-17)4-6-11/h3-6,12H,1-2H3,(H2,20,21). The summed E-state index contributed by atoms with van der Waals surface area (Å²) in [7, 11) is 2.72. The van der Waals surface area contributed by atoms with Crippen molar-refractivity contribution in [1.82, 2.24) is 0 Å². The van der Waals surface area contributed by atoms with E-state index in [1.165, 1.54) is 14.2 Å². The van der Waals surface area contributed by atoms with Gasteiger partial charge in [0, 0.05) is 20.1 Å². The third-order valence-electron chi connectivity index (χ3n) is 4.85. The number of methoxy groups -OCH3 is 2. The van der Waals surface area contributed by atoms with Crippen molar-refractivity contribution in [2.45, 2.75) is 11.8 Å². The Morgan fingerprint density at radius 3 is 2.13 bits per heavy atom. The summed E-state index contributed by atoms with van der Waals surface area (Å²) in [4.78, 5) is 4.14. The summed E-state index contributed by atoms with van der Waals surface area (Å²) in [5.41, 5.74) is 4.53. The molecule has 1 aromatic rings. The van der Waals surface area contributed by atoms with E-state index in [1.54, 1.807) is 24.3 Å². The first-order valence-electron chi connectivity index (χ1n) is 6.82. The van der Waals surface area contributed by atoms with Crippen molar-refractivity contribution in [3.63, 3.8) is 0 Å². The van der Waals surface area contributed by atoms with Crippen molar-refractivity contribution < 1.29 is 9.47 Å². The Hall–Kier alpha value is -2.92. The number of nitriles is 3. The summed E-state index contributed by atoms with van der Waals surface area (Å²) >= 11 is 0. The minimum atomic E-state index is -1.62. The lowest BCUT2D eigenvalue weighted by Crippen LogP contribution is -2.41. The van der Waals surface area contributed by atoms with Crippen molar-refractivity contribution in [2.24, 2.45) is 21.6 Å². The van der Waals surface area contributed by atoms with Crippen molar-refractivity contribution in [2.75, 3.05) is 14.2 Å². The molecule has 0 aromatic heterocycles. The van der Waals surface area contributed by atoms with Crippen LogP contribution in [0.2, 0.25) is 0 Å². The molecule has 2 N–H and O–H groups in total. The number of fused-ring (bicyclic) bond motifs is 1. The van der Waals surface area contributed by atoms with Gasteiger partial charge in [0.1, 0.15) is 11.3 Å². The molecule has 1 aliphatic carbocycles. The molecular weight excluding hydrogens is 294 g/mol. The lowest BCUT2D eigenvalue weighted by molar-refractivity contribution is -0.230. The lowest BCUT2D eigenvalue weighted by atomic mass is 9.93. The number of amidine groups is 1. The molecule has 7 nitrogen and oxygen atoms in total. The topological polar surface area (TPSA) is 128 Å². The first-order valence-corrected chi connectivity index (χ1v) is 6.82. The Balaban J connectivity index is 2.21. The first kappa shape index (κ1) is 15.0. The Kier molecular flexibility index (Phi) is 2.96. The van der Waals surface area contributed by atoms with Crippen LogP contribution in [0.3, 0.4) is 0 Å². The van der Waals surface area contributed by atoms with E-state index in [-0.39, 0.29) is 5.84 Å². The smallest absolute Gasteiger partial charge is 0.292 e. The first-order chi connectivity index (χ1) is 11.0. The number of hydrogen-bond acceptors (Lipinski definition) is 7. The molecule has 3 rings (SSSR count). The van der Waals surface area contributed by atoms with Crippen LogP contribution in [0.25, 0.3) is 0 Å². The molecule has 114 valence electrons. The molecule has 1 aliphatic heterocycles. The molecular formula is C16H13N5O2. The van der Waals surface area contributed by atoms with E-state index < -0.39 is 22.7 Å². The summed E-state index contributed by atoms with van der Waals surface area (Å²) in [6.07, 6.45) is 0. The summed E-state index contributed by atoms with van der Waals surface area (Å²) in [5.74, 6) is -2.14. The van der Waals surface area contributed by atoms with E-state index in [4.69, 9.17) is 20.5 Å². The van der Waals surface area contributed by atoms with E-state index in [2.05, 4.69) is 17.1 Å². The second-order valence-electron chi connectivity index (χ2n) is 5.49. The molecule has 2 aliphatic rings. The van der Waals surface area contributed by atoms with Crippen LogP contribution < -0.4 is 5.73 Å². The Morgan fingerprint density at radius 2 is 1.70 bits per heavy atom. The van der Waals surface area contributed by atoms with Gasteiger partial charge in [-0.25, -0.2) is 4.99 Å². The van der Waals surface area contributed by atoms with Crippen LogP contribution in [0.1, 0.15) is 17.0 Å². The fraction of sp³-hybridized carbons (Fsp3) is 0.375. The van der Waals surface area contributed by atoms with Gasteiger partial charge in [0.15, 0.2) is 5.41 Å². The summed E-state index contributed by atoms with van der Waals surface area (Å²) in [5, 5.41) is 28.5. The second kappa shape index (κ2) is 4.54. The zero-order valence-electron chi connectivity index (χ0n) is 12.6. The highest BCUT2D eigenvalue weighted by molar-refractivity contribution is 6.00. The number of hydrogen-bond donors (Lipinski definition) is 1. The molecule has 1 heterocycles. The third kappa shape index (κ3) is 1.36. The number of benzene rings is 1. The van der Waals surface area contributed by atoms with Crippen molar-refractivity contribution >= 4 is 5.84 Å². The van der Waals surface area contributed by atoms with Gasteiger partial charge >= 0.3 is 0 Å². The SMILES string of the molecule is COC1(OC)N=C(N)C2(C#N)C(c3ccc(C#N)cc3)C12C#N. The maximum atomic E-state index is 9.87. The van der Waals surface area contributed by atoms with Crippen LogP contribution in [0, 0.1) is 44.8 Å². The van der Waals surface area contributed by atoms with Gasteiger partial charge < -0.3 is 15.2 Å². The Morgan fingerprint density at radius 1 is 1.09 bits per heavy atom. The number of ether oxygens (including phenoxy) is 2. The van der Waals surface area contributed by atoms with Gasteiger partial charge in [0.2, 0.25) is 0 Å². The zero-order chi connectivity index (χ0) is 16.9. The van der Waals surface area contributed by atoms with E-state index >= 15 is 0 Å². The van der Waals surface area contributed by atoms with Crippen LogP contribution in [-0.4, -0.2) is 26.0 Å². The largest absolute Gasteiger partial charge is 0.386 e. The molecule has 3 unspecified atom stereocenters. The molecule has 1 aromatic carbocycles. The minimum absolute atomic E-state index is 0.0274. The van der Waals surface area contributed by atoms with E-state index in [0.29, 0.717) is 11.1 Å². The van der Waals surface area contributed by atoms with Gasteiger partial charge in [-0.1, -0.05) is 12.1 Å². The molecule has 0 amide bonds. The van der Waals surface area contributed by atoms with E-state index in [9.17, 15) is 10.5 Å². The summed E-state index contributed by atoms with van der Waals surface area (Å²) in [6, 6.07) is 13.0. The van der Waals surface area contributed by atoms with E-state index in [1.807, 2.05) is 6.07 Å². The highest BCUT2D eigenvalue weighted by atomic mass is 16.7. The average molecular weight is 307 g/mol. The van der Waals surface area contributed by atoms with Gasteiger partial charge in [-0.05, 0) is 17.7 Å². The molecule has 0 radical (unpaired) electrons. The molecule has 0 bridgehead atoms. The van der Waals surface area contributed by atoms with E-state index in [0.717, 1.165) is 0 Å². The number of aliphatic imine (C=N–C) groups is 1. The highest BCUT2D eigenvalue weighted by Gasteiger charge is 2.93. The Bertz CT molecular complexity index is 822. The second-order valence-corrected chi connectivity index (χ2v) is 5.49. The van der Waals surface area contributed by atoms with Gasteiger partial charge in [-0.15, -0.1) is 0 Å². The molecule has 23 heavy (non-hydrogen) atoms. The average Bonchev–Trinajstić information content (AvgIpc) is 3.17. The predicted octanol–water partition coefficient (Wildman–Crippen LogP) is 0.993. The maximum absolute atomic E-state index is 9.87. The third-order valence-corrected chi connectivity index (χ3v) is 4.85. The van der Waals surface area contributed by atoms with Crippen LogP contribution in [0.4, 0.5) is 0 Å². The molecule has 3 atom stereocenters. The quantitative estimate of drug-likeness (QED) is 0.829. The number of nitrogens with zero attached hydrogens (tertiary/aromatic N) is 4. The van der Waals surface area contributed by atoms with Crippen LogP contribution in [0.15, 0.2) is 29.3 Å². The van der Waals surface area contributed by atoms with Crippen molar-refractivity contribution in [3.8, 4) is 18.2 Å². The molecule has 1 saturated carbocycles. The molecule has 0 saturated heterocycles.